The van der Waals surface area contributed by atoms with Crippen molar-refractivity contribution in [2.45, 2.75) is 33.7 Å². The van der Waals surface area contributed by atoms with Crippen molar-refractivity contribution in [1.29, 1.82) is 0 Å². The lowest BCUT2D eigenvalue weighted by Crippen LogP contribution is -2.30. The van der Waals surface area contributed by atoms with Gasteiger partial charge in [0.15, 0.2) is 5.52 Å². The number of methoxy groups -OCH3 is 1. The first-order valence-electron chi connectivity index (χ1n) is 10.3. The number of nitrogens with one attached hydrogen (secondary N) is 1. The number of carbonyl (C=O) groups is 1. The average molecular weight is 432 g/mol. The summed E-state index contributed by atoms with van der Waals surface area (Å²) in [5.74, 6) is 0.778. The number of amides is 1. The van der Waals surface area contributed by atoms with Crippen molar-refractivity contribution < 1.29 is 14.1 Å². The van der Waals surface area contributed by atoms with E-state index in [1.54, 1.807) is 14.0 Å². The largest absolute Gasteiger partial charge is 0.497 e. The molecule has 0 aliphatic heterocycles. The van der Waals surface area contributed by atoms with Crippen molar-refractivity contribution in [2.75, 3.05) is 12.4 Å². The molecule has 8 nitrogen and oxygen atoms in total. The summed E-state index contributed by atoms with van der Waals surface area (Å²) in [6.45, 7) is 5.43. The number of fused-ring (bicyclic) bond motifs is 1. The van der Waals surface area contributed by atoms with Crippen LogP contribution in [-0.4, -0.2) is 28.0 Å². The molecule has 4 aromatic rings. The maximum absolute atomic E-state index is 13.0. The van der Waals surface area contributed by atoms with Gasteiger partial charge >= 0.3 is 0 Å². The Bertz CT molecular complexity index is 1370. The minimum absolute atomic E-state index is 0.133. The first-order chi connectivity index (χ1) is 15.4. The topological polar surface area (TPSA) is 99.2 Å². The number of aryl methyl sites for hydroxylation is 3. The van der Waals surface area contributed by atoms with Gasteiger partial charge in [0, 0.05) is 11.3 Å². The van der Waals surface area contributed by atoms with E-state index in [0.717, 1.165) is 33.5 Å². The molecule has 0 aliphatic rings. The second-order valence-corrected chi connectivity index (χ2v) is 7.52. The fourth-order valence-corrected chi connectivity index (χ4v) is 3.73. The third-order valence-electron chi connectivity index (χ3n) is 5.40. The molecule has 0 saturated carbocycles. The van der Waals surface area contributed by atoms with Gasteiger partial charge in [0.1, 0.15) is 23.7 Å². The maximum Gasteiger partial charge on any atom is 0.297 e. The summed E-state index contributed by atoms with van der Waals surface area (Å²) >= 11 is 0. The summed E-state index contributed by atoms with van der Waals surface area (Å²) in [6.07, 6.45) is 0.777. The van der Waals surface area contributed by atoms with Gasteiger partial charge in [-0.15, -0.1) is 0 Å². The zero-order valence-electron chi connectivity index (χ0n) is 18.4. The molecule has 2 aromatic heterocycles. The minimum Gasteiger partial charge on any atom is -0.497 e. The zero-order valence-corrected chi connectivity index (χ0v) is 18.4. The van der Waals surface area contributed by atoms with E-state index in [4.69, 9.17) is 9.26 Å². The van der Waals surface area contributed by atoms with Crippen LogP contribution >= 0.6 is 0 Å². The molecule has 0 saturated heterocycles. The average Bonchev–Trinajstić information content (AvgIpc) is 3.19. The van der Waals surface area contributed by atoms with E-state index in [2.05, 4.69) is 15.6 Å². The lowest BCUT2D eigenvalue weighted by molar-refractivity contribution is -0.117. The van der Waals surface area contributed by atoms with E-state index in [1.165, 1.54) is 0 Å². The van der Waals surface area contributed by atoms with Gasteiger partial charge < -0.3 is 14.6 Å². The van der Waals surface area contributed by atoms with Crippen LogP contribution < -0.4 is 15.6 Å². The predicted octanol–water partition coefficient (Wildman–Crippen LogP) is 3.88. The van der Waals surface area contributed by atoms with Crippen molar-refractivity contribution in [3.63, 3.8) is 0 Å². The van der Waals surface area contributed by atoms with E-state index in [9.17, 15) is 9.59 Å². The van der Waals surface area contributed by atoms with Crippen LogP contribution in [0.4, 0.5) is 5.69 Å². The van der Waals surface area contributed by atoms with E-state index in [0.29, 0.717) is 22.6 Å². The molecule has 0 unspecified atom stereocenters. The van der Waals surface area contributed by atoms with Crippen molar-refractivity contribution in [1.82, 2.24) is 14.9 Å². The molecule has 0 fully saturated rings. The fourth-order valence-electron chi connectivity index (χ4n) is 3.73. The number of hydrogen-bond acceptors (Lipinski definition) is 6. The smallest absolute Gasteiger partial charge is 0.297 e. The predicted molar refractivity (Wildman–Crippen MR) is 122 cm³/mol. The number of nitrogens with zero attached hydrogens (tertiary/aromatic N) is 3. The molecule has 4 rings (SSSR count). The molecule has 1 amide bonds. The monoisotopic (exact) mass is 432 g/mol. The highest BCUT2D eigenvalue weighted by Gasteiger charge is 2.20. The first-order valence-corrected chi connectivity index (χ1v) is 10.3. The molecule has 1 N–H and O–H groups in total. The summed E-state index contributed by atoms with van der Waals surface area (Å²) in [5.41, 5.74) is 3.61. The highest BCUT2D eigenvalue weighted by molar-refractivity contribution is 5.94. The Labute approximate surface area is 184 Å². The van der Waals surface area contributed by atoms with E-state index < -0.39 is 5.56 Å². The lowest BCUT2D eigenvalue weighted by Gasteiger charge is -2.14. The molecule has 0 bridgehead atoms. The van der Waals surface area contributed by atoms with Gasteiger partial charge in [-0.3, -0.25) is 9.59 Å². The number of hydrogen-bond donors (Lipinski definition) is 1. The number of rotatable bonds is 6. The normalized spacial score (nSPS) is 11.0. The van der Waals surface area contributed by atoms with Gasteiger partial charge in [0.2, 0.25) is 5.91 Å². The van der Waals surface area contributed by atoms with Gasteiger partial charge in [-0.05, 0) is 43.5 Å². The highest BCUT2D eigenvalue weighted by Crippen LogP contribution is 2.29. The Morgan fingerprint density at radius 3 is 2.72 bits per heavy atom. The zero-order chi connectivity index (χ0) is 22.8. The number of aromatic nitrogens is 3. The van der Waals surface area contributed by atoms with Gasteiger partial charge in [0.25, 0.3) is 5.56 Å². The highest BCUT2D eigenvalue weighted by atomic mass is 16.5. The standard InChI is InChI=1S/C24H24N4O4/c1-5-16-9-6-8-14(2)21(16)25-19(29)13-28-24(30)23-20(15(3)32-27-23)22(26-28)17-10-7-11-18(12-17)31-4/h6-12H,5,13H2,1-4H3,(H,25,29). The van der Waals surface area contributed by atoms with Crippen LogP contribution in [0.25, 0.3) is 22.2 Å². The van der Waals surface area contributed by atoms with E-state index in [-0.39, 0.29) is 18.0 Å². The molecular formula is C24H24N4O4. The van der Waals surface area contributed by atoms with Gasteiger partial charge in [-0.1, -0.05) is 42.4 Å². The van der Waals surface area contributed by atoms with Crippen molar-refractivity contribution >= 4 is 22.5 Å². The fraction of sp³-hybridized carbons (Fsp3) is 0.250. The second-order valence-electron chi connectivity index (χ2n) is 7.52. The SMILES string of the molecule is CCc1cccc(C)c1NC(=O)Cn1nc(-c2cccc(OC)c2)c2c(C)onc2c1=O. The van der Waals surface area contributed by atoms with Crippen LogP contribution in [0.15, 0.2) is 51.8 Å². The van der Waals surface area contributed by atoms with Crippen molar-refractivity contribution in [3.05, 3.63) is 69.7 Å². The summed E-state index contributed by atoms with van der Waals surface area (Å²) in [5, 5.41) is 11.9. The number of carbonyl (C=O) groups excluding carboxylic acids is 1. The number of ether oxygens (including phenoxy) is 1. The van der Waals surface area contributed by atoms with Crippen molar-refractivity contribution in [3.8, 4) is 17.0 Å². The molecule has 32 heavy (non-hydrogen) atoms. The summed E-state index contributed by atoms with van der Waals surface area (Å²) < 4.78 is 11.7. The molecule has 2 heterocycles. The van der Waals surface area contributed by atoms with Crippen LogP contribution in [-0.2, 0) is 17.8 Å². The third-order valence-corrected chi connectivity index (χ3v) is 5.40. The maximum atomic E-state index is 13.0. The molecule has 2 aromatic carbocycles. The quantitative estimate of drug-likeness (QED) is 0.496. The number of benzene rings is 2. The molecule has 0 atom stereocenters. The Morgan fingerprint density at radius 1 is 1.19 bits per heavy atom. The van der Waals surface area contributed by atoms with Crippen LogP contribution in [0, 0.1) is 13.8 Å². The number of anilines is 1. The number of para-hydroxylation sites is 1. The van der Waals surface area contributed by atoms with Gasteiger partial charge in [-0.2, -0.15) is 5.10 Å². The molecular weight excluding hydrogens is 408 g/mol. The molecule has 164 valence electrons. The van der Waals surface area contributed by atoms with Gasteiger partial charge in [0.05, 0.1) is 12.5 Å². The molecule has 0 aliphatic carbocycles. The van der Waals surface area contributed by atoms with Crippen LogP contribution in [0.5, 0.6) is 5.75 Å². The molecule has 0 spiro atoms. The Kier molecular flexibility index (Phi) is 5.77. The summed E-state index contributed by atoms with van der Waals surface area (Å²) in [4.78, 5) is 25.9. The van der Waals surface area contributed by atoms with E-state index >= 15 is 0 Å². The minimum atomic E-state index is -0.487. The van der Waals surface area contributed by atoms with Crippen LogP contribution in [0.3, 0.4) is 0 Å². The Hall–Kier alpha value is -3.94. The molecule has 8 heteroatoms. The second kappa shape index (κ2) is 8.66. The summed E-state index contributed by atoms with van der Waals surface area (Å²) in [6, 6.07) is 13.2. The van der Waals surface area contributed by atoms with E-state index in [1.807, 2.05) is 56.3 Å². The van der Waals surface area contributed by atoms with Crippen LogP contribution in [0.2, 0.25) is 0 Å². The lowest BCUT2D eigenvalue weighted by atomic mass is 10.1. The molecule has 0 radical (unpaired) electrons. The van der Waals surface area contributed by atoms with Crippen molar-refractivity contribution in [2.24, 2.45) is 0 Å². The first kappa shape index (κ1) is 21.3. The third kappa shape index (κ3) is 3.87. The Morgan fingerprint density at radius 2 is 1.97 bits per heavy atom. The Balaban J connectivity index is 1.76. The van der Waals surface area contributed by atoms with Gasteiger partial charge in [-0.25, -0.2) is 4.68 Å². The summed E-state index contributed by atoms with van der Waals surface area (Å²) in [7, 11) is 1.58. The van der Waals surface area contributed by atoms with Crippen LogP contribution in [0.1, 0.15) is 23.8 Å².